The standard InChI is InChI=1S/C34H46NO2P/c1-2-9-21(10-3-1)35-24-11-5-13-26-32(24)38-33-25(35)12-6-14-27(33)37-31-23-18-16-20-8-4-7-19-15-17-22(29(23)28(19)20)30(36-26)34(31)38/h1-3,9-10,19-20,22-34H,4-8,11-18H2. The van der Waals surface area contributed by atoms with Crippen LogP contribution in [0.25, 0.3) is 0 Å². The number of para-hydroxylation sites is 1. The van der Waals surface area contributed by atoms with Crippen molar-refractivity contribution in [1.29, 1.82) is 0 Å². The lowest BCUT2D eigenvalue weighted by Gasteiger charge is -2.73. The topological polar surface area (TPSA) is 21.7 Å². The fourth-order valence-corrected chi connectivity index (χ4v) is 18.2. The van der Waals surface area contributed by atoms with Crippen molar-refractivity contribution in [3.05, 3.63) is 30.3 Å². The maximum absolute atomic E-state index is 7.56. The molecule has 3 heterocycles. The molecule has 9 aliphatic rings. The van der Waals surface area contributed by atoms with Crippen molar-refractivity contribution in [3.8, 4) is 0 Å². The van der Waals surface area contributed by atoms with Crippen molar-refractivity contribution >= 4 is 13.6 Å². The minimum absolute atomic E-state index is 0.0591. The highest BCUT2D eigenvalue weighted by Crippen LogP contribution is 2.75. The van der Waals surface area contributed by atoms with Gasteiger partial charge < -0.3 is 14.4 Å². The van der Waals surface area contributed by atoms with Gasteiger partial charge in [-0.25, -0.2) is 0 Å². The van der Waals surface area contributed by atoms with Gasteiger partial charge in [0.05, 0.1) is 24.4 Å². The van der Waals surface area contributed by atoms with Crippen molar-refractivity contribution in [2.45, 2.75) is 137 Å². The van der Waals surface area contributed by atoms with Gasteiger partial charge in [0.1, 0.15) is 0 Å². The summed E-state index contributed by atoms with van der Waals surface area (Å²) in [5.74, 6) is 5.69. The number of hydrogen-bond acceptors (Lipinski definition) is 3. The average molecular weight is 532 g/mol. The first-order valence-corrected chi connectivity index (χ1v) is 18.3. The van der Waals surface area contributed by atoms with Gasteiger partial charge in [-0.2, -0.15) is 0 Å². The van der Waals surface area contributed by atoms with E-state index in [9.17, 15) is 0 Å². The van der Waals surface area contributed by atoms with Crippen molar-refractivity contribution < 1.29 is 9.47 Å². The lowest BCUT2D eigenvalue weighted by atomic mass is 9.47. The Balaban J connectivity index is 1.10. The molecule has 9 fully saturated rings. The first-order chi connectivity index (χ1) is 18.9. The minimum atomic E-state index is -0.0591. The van der Waals surface area contributed by atoms with E-state index in [1.807, 2.05) is 0 Å². The number of benzene rings is 1. The van der Waals surface area contributed by atoms with E-state index in [0.717, 1.165) is 52.5 Å². The zero-order valence-corrected chi connectivity index (χ0v) is 23.8. The molecular weight excluding hydrogens is 485 g/mol. The highest BCUT2D eigenvalue weighted by molar-refractivity contribution is 7.60. The number of anilines is 1. The molecule has 38 heavy (non-hydrogen) atoms. The fraction of sp³-hybridized carbons (Fsp3) is 0.824. The van der Waals surface area contributed by atoms with Crippen LogP contribution in [0.1, 0.15) is 83.5 Å². The molecule has 0 radical (unpaired) electrons. The zero-order chi connectivity index (χ0) is 24.5. The van der Waals surface area contributed by atoms with E-state index in [-0.39, 0.29) is 7.92 Å². The van der Waals surface area contributed by atoms with E-state index >= 15 is 0 Å². The lowest BCUT2D eigenvalue weighted by Crippen LogP contribution is -2.76. The van der Waals surface area contributed by atoms with Crippen LogP contribution in [0.3, 0.4) is 0 Å². The molecule has 204 valence electrons. The Labute approximate surface area is 230 Å². The van der Waals surface area contributed by atoms with Gasteiger partial charge in [-0.15, -0.1) is 0 Å². The molecule has 0 amide bonds. The van der Waals surface area contributed by atoms with Crippen LogP contribution in [0.5, 0.6) is 0 Å². The van der Waals surface area contributed by atoms with E-state index in [1.165, 1.54) is 89.2 Å². The third-order valence-corrected chi connectivity index (χ3v) is 17.9. The maximum Gasteiger partial charge on any atom is 0.0702 e. The second kappa shape index (κ2) is 8.45. The minimum Gasteiger partial charge on any atom is -0.373 e. The third kappa shape index (κ3) is 2.93. The molecule has 0 bridgehead atoms. The first-order valence-electron chi connectivity index (χ1n) is 16.8. The molecule has 10 rings (SSSR count). The molecule has 12 atom stereocenters. The lowest BCUT2D eigenvalue weighted by molar-refractivity contribution is -0.219. The Bertz CT molecular complexity index is 1020. The Hall–Kier alpha value is -0.630. The predicted molar refractivity (Wildman–Crippen MR) is 153 cm³/mol. The smallest absolute Gasteiger partial charge is 0.0702 e. The summed E-state index contributed by atoms with van der Waals surface area (Å²) in [7, 11) is -0.0591. The summed E-state index contributed by atoms with van der Waals surface area (Å²) in [5, 5.41) is 0. The molecule has 0 N–H and O–H groups in total. The van der Waals surface area contributed by atoms with Gasteiger partial charge in [-0.1, -0.05) is 45.4 Å². The summed E-state index contributed by atoms with van der Waals surface area (Å²) < 4.78 is 15.1. The molecule has 0 spiro atoms. The molecule has 3 nitrogen and oxygen atoms in total. The van der Waals surface area contributed by atoms with Crippen LogP contribution in [0.2, 0.25) is 0 Å². The number of nitrogens with zero attached hydrogens (tertiary/aromatic N) is 1. The average Bonchev–Trinajstić information content (AvgIpc) is 2.97. The molecule has 1 aromatic carbocycles. The summed E-state index contributed by atoms with van der Waals surface area (Å²) in [6.07, 6.45) is 20.8. The van der Waals surface area contributed by atoms with Crippen molar-refractivity contribution in [2.24, 2.45) is 35.5 Å². The maximum atomic E-state index is 7.56. The van der Waals surface area contributed by atoms with E-state index in [4.69, 9.17) is 9.47 Å². The third-order valence-electron chi connectivity index (χ3n) is 13.9. The number of ether oxygens (including phenoxy) is 2. The van der Waals surface area contributed by atoms with Gasteiger partial charge in [0, 0.05) is 34.7 Å². The summed E-state index contributed by atoms with van der Waals surface area (Å²) in [6.45, 7) is 0. The molecule has 6 saturated carbocycles. The van der Waals surface area contributed by atoms with Gasteiger partial charge in [0.25, 0.3) is 0 Å². The van der Waals surface area contributed by atoms with Crippen molar-refractivity contribution in [2.75, 3.05) is 4.90 Å². The summed E-state index contributed by atoms with van der Waals surface area (Å²) in [6, 6.07) is 13.0. The van der Waals surface area contributed by atoms with E-state index in [2.05, 4.69) is 35.2 Å². The zero-order valence-electron chi connectivity index (χ0n) is 23.0. The molecule has 0 aromatic heterocycles. The molecule has 3 saturated heterocycles. The van der Waals surface area contributed by atoms with Crippen molar-refractivity contribution in [3.63, 3.8) is 0 Å². The van der Waals surface area contributed by atoms with Crippen molar-refractivity contribution in [1.82, 2.24) is 0 Å². The van der Waals surface area contributed by atoms with Crippen LogP contribution in [-0.2, 0) is 9.47 Å². The Morgan fingerprint density at radius 2 is 1.16 bits per heavy atom. The number of rotatable bonds is 1. The Kier molecular flexibility index (Phi) is 5.11. The van der Waals surface area contributed by atoms with Gasteiger partial charge in [0.2, 0.25) is 0 Å². The van der Waals surface area contributed by atoms with Crippen LogP contribution in [0.15, 0.2) is 30.3 Å². The summed E-state index contributed by atoms with van der Waals surface area (Å²) >= 11 is 0. The van der Waals surface area contributed by atoms with Crippen LogP contribution in [-0.4, -0.2) is 53.5 Å². The fourth-order valence-electron chi connectivity index (χ4n) is 13.1. The first kappa shape index (κ1) is 23.0. The molecule has 6 aliphatic carbocycles. The molecule has 3 aliphatic heterocycles. The van der Waals surface area contributed by atoms with Gasteiger partial charge >= 0.3 is 0 Å². The summed E-state index contributed by atoms with van der Waals surface area (Å²) in [5.41, 5.74) is 3.80. The predicted octanol–water partition coefficient (Wildman–Crippen LogP) is 7.22. The van der Waals surface area contributed by atoms with Crippen LogP contribution < -0.4 is 4.90 Å². The second-order valence-electron chi connectivity index (χ2n) is 15.0. The number of fused-ring (bicyclic) bond motifs is 2. The quantitative estimate of drug-likeness (QED) is 0.357. The largest absolute Gasteiger partial charge is 0.373 e. The highest BCUT2D eigenvalue weighted by atomic mass is 31.1. The molecule has 1 aromatic rings. The van der Waals surface area contributed by atoms with Crippen LogP contribution >= 0.6 is 7.92 Å². The molecule has 12 unspecified atom stereocenters. The molecular formula is C34H46NO2P. The second-order valence-corrected chi connectivity index (χ2v) is 17.7. The van der Waals surface area contributed by atoms with E-state index < -0.39 is 0 Å². The normalized spacial score (nSPS) is 57.4. The monoisotopic (exact) mass is 531 g/mol. The van der Waals surface area contributed by atoms with Crippen LogP contribution in [0, 0.1) is 35.5 Å². The number of hydrogen-bond donors (Lipinski definition) is 0. The van der Waals surface area contributed by atoms with Gasteiger partial charge in [-0.05, 0) is 112 Å². The SMILES string of the molecule is c1ccc(N2C3CCCC4OC5C6CCC7CCCC8CCC(C9OC%10CCCC2C%10P(C59)C43)C6C78)cc1. The highest BCUT2D eigenvalue weighted by Gasteiger charge is 2.70. The Morgan fingerprint density at radius 1 is 0.579 bits per heavy atom. The van der Waals surface area contributed by atoms with Crippen LogP contribution in [0.4, 0.5) is 5.69 Å². The van der Waals surface area contributed by atoms with Gasteiger partial charge in [-0.3, -0.25) is 0 Å². The van der Waals surface area contributed by atoms with E-state index in [0.29, 0.717) is 36.5 Å². The van der Waals surface area contributed by atoms with E-state index in [1.54, 1.807) is 0 Å². The molecule has 4 heteroatoms. The summed E-state index contributed by atoms with van der Waals surface area (Å²) in [4.78, 5) is 2.96. The van der Waals surface area contributed by atoms with Gasteiger partial charge in [0.15, 0.2) is 0 Å². The Morgan fingerprint density at radius 3 is 1.76 bits per heavy atom.